The summed E-state index contributed by atoms with van der Waals surface area (Å²) in [6.45, 7) is 3.85. The van der Waals surface area contributed by atoms with E-state index in [-0.39, 0.29) is 10.8 Å². The Hall–Kier alpha value is -1.14. The second kappa shape index (κ2) is 8.88. The van der Waals surface area contributed by atoms with Crippen LogP contribution in [0.25, 0.3) is 0 Å². The number of esters is 1. The van der Waals surface area contributed by atoms with Gasteiger partial charge < -0.3 is 15.0 Å². The maximum Gasteiger partial charge on any atom is 0.305 e. The topological polar surface area (TPSA) is 71.2 Å². The van der Waals surface area contributed by atoms with E-state index in [1.807, 2.05) is 12.3 Å². The Bertz CT molecular complexity index is 400. The highest BCUT2D eigenvalue weighted by Crippen LogP contribution is 2.01. The minimum atomic E-state index is -0.110. The third kappa shape index (κ3) is 6.56. The van der Waals surface area contributed by atoms with Crippen LogP contribution in [0.15, 0.2) is 10.2 Å². The van der Waals surface area contributed by atoms with Crippen LogP contribution in [-0.4, -0.2) is 24.1 Å². The molecule has 18 heavy (non-hydrogen) atoms. The summed E-state index contributed by atoms with van der Waals surface area (Å²) in [6, 6.07) is 0. The van der Waals surface area contributed by atoms with Crippen molar-refractivity contribution in [2.45, 2.75) is 39.2 Å². The van der Waals surface area contributed by atoms with Crippen molar-refractivity contribution in [3.63, 3.8) is 0 Å². The van der Waals surface area contributed by atoms with Gasteiger partial charge in [0.05, 0.1) is 6.61 Å². The summed E-state index contributed by atoms with van der Waals surface area (Å²) < 4.78 is 4.84. The van der Waals surface area contributed by atoms with Crippen molar-refractivity contribution in [2.24, 2.45) is 0 Å². The lowest BCUT2D eigenvalue weighted by Gasteiger charge is -2.03. The molecule has 0 spiro atoms. The molecule has 1 aromatic heterocycles. The molecule has 0 saturated heterocycles. The number of rotatable bonds is 9. The average Bonchev–Trinajstić information content (AvgIpc) is 2.74. The summed E-state index contributed by atoms with van der Waals surface area (Å²) in [5, 5.41) is 5.08. The standard InChI is InChI=1S/C12H20N2O3S/c1-2-17-11(15)6-4-3-5-7-13-8-10-9-18-12(16)14-10/h9,13H,2-8H2,1H3,(H,14,16). The van der Waals surface area contributed by atoms with E-state index >= 15 is 0 Å². The van der Waals surface area contributed by atoms with Gasteiger partial charge in [-0.25, -0.2) is 0 Å². The van der Waals surface area contributed by atoms with E-state index in [4.69, 9.17) is 4.74 Å². The maximum absolute atomic E-state index is 11.0. The first kappa shape index (κ1) is 14.9. The average molecular weight is 272 g/mol. The first-order valence-corrected chi connectivity index (χ1v) is 7.13. The number of carbonyl (C=O) groups is 1. The molecule has 0 aliphatic heterocycles. The normalized spacial score (nSPS) is 10.5. The van der Waals surface area contributed by atoms with E-state index in [9.17, 15) is 9.59 Å². The number of unbranched alkanes of at least 4 members (excludes halogenated alkanes) is 2. The Morgan fingerprint density at radius 2 is 2.28 bits per heavy atom. The van der Waals surface area contributed by atoms with Crippen molar-refractivity contribution in [3.8, 4) is 0 Å². The lowest BCUT2D eigenvalue weighted by atomic mass is 10.2. The fourth-order valence-electron chi connectivity index (χ4n) is 1.55. The number of hydrogen-bond donors (Lipinski definition) is 2. The molecule has 0 unspecified atom stereocenters. The molecule has 1 heterocycles. The molecule has 2 N–H and O–H groups in total. The lowest BCUT2D eigenvalue weighted by Crippen LogP contribution is -2.15. The van der Waals surface area contributed by atoms with Gasteiger partial charge in [0.25, 0.3) is 0 Å². The molecule has 0 aromatic carbocycles. The molecule has 102 valence electrons. The lowest BCUT2D eigenvalue weighted by molar-refractivity contribution is -0.143. The van der Waals surface area contributed by atoms with E-state index in [0.717, 1.165) is 31.5 Å². The van der Waals surface area contributed by atoms with E-state index < -0.39 is 0 Å². The molecule has 0 fully saturated rings. The van der Waals surface area contributed by atoms with E-state index in [0.29, 0.717) is 19.6 Å². The van der Waals surface area contributed by atoms with Crippen LogP contribution in [0.5, 0.6) is 0 Å². The number of nitrogens with one attached hydrogen (secondary N) is 2. The van der Waals surface area contributed by atoms with Crippen LogP contribution in [0.1, 0.15) is 38.3 Å². The molecule has 1 rings (SSSR count). The Kier molecular flexibility index (Phi) is 7.36. The van der Waals surface area contributed by atoms with Crippen LogP contribution in [0.4, 0.5) is 0 Å². The van der Waals surface area contributed by atoms with Crippen LogP contribution in [0.2, 0.25) is 0 Å². The predicted molar refractivity (Wildman–Crippen MR) is 71.7 cm³/mol. The van der Waals surface area contributed by atoms with Crippen molar-refractivity contribution < 1.29 is 9.53 Å². The zero-order valence-electron chi connectivity index (χ0n) is 10.7. The van der Waals surface area contributed by atoms with Gasteiger partial charge >= 0.3 is 10.8 Å². The highest BCUT2D eigenvalue weighted by molar-refractivity contribution is 7.07. The third-order valence-electron chi connectivity index (χ3n) is 2.43. The van der Waals surface area contributed by atoms with Crippen molar-refractivity contribution in [2.75, 3.05) is 13.2 Å². The molecular formula is C12H20N2O3S. The van der Waals surface area contributed by atoms with Crippen molar-refractivity contribution in [1.82, 2.24) is 10.3 Å². The number of hydrogen-bond acceptors (Lipinski definition) is 5. The van der Waals surface area contributed by atoms with E-state index in [1.165, 1.54) is 11.3 Å². The number of aromatic amines is 1. The molecule has 0 radical (unpaired) electrons. The zero-order valence-corrected chi connectivity index (χ0v) is 11.5. The second-order valence-corrected chi connectivity index (χ2v) is 4.81. The molecule has 0 amide bonds. The van der Waals surface area contributed by atoms with Gasteiger partial charge in [-0.15, -0.1) is 0 Å². The van der Waals surface area contributed by atoms with Crippen LogP contribution < -0.4 is 10.2 Å². The quantitative estimate of drug-likeness (QED) is 0.529. The monoisotopic (exact) mass is 272 g/mol. The molecule has 0 aliphatic rings. The summed E-state index contributed by atoms with van der Waals surface area (Å²) in [4.78, 5) is 24.7. The van der Waals surface area contributed by atoms with Crippen molar-refractivity contribution >= 4 is 17.3 Å². The summed E-state index contributed by atoms with van der Waals surface area (Å²) in [5.41, 5.74) is 0.927. The fraction of sp³-hybridized carbons (Fsp3) is 0.667. The minimum absolute atomic E-state index is 0.0127. The number of H-pyrrole nitrogens is 1. The smallest absolute Gasteiger partial charge is 0.305 e. The number of thiazole rings is 1. The largest absolute Gasteiger partial charge is 0.466 e. The summed E-state index contributed by atoms with van der Waals surface area (Å²) >= 11 is 1.18. The first-order chi connectivity index (χ1) is 8.72. The molecular weight excluding hydrogens is 252 g/mol. The minimum Gasteiger partial charge on any atom is -0.466 e. The highest BCUT2D eigenvalue weighted by Gasteiger charge is 2.00. The number of carbonyl (C=O) groups excluding carboxylic acids is 1. The van der Waals surface area contributed by atoms with Gasteiger partial charge in [0.15, 0.2) is 0 Å². The molecule has 0 aliphatic carbocycles. The molecule has 6 heteroatoms. The third-order valence-corrected chi connectivity index (χ3v) is 3.14. The Labute approximate surface area is 111 Å². The predicted octanol–water partition coefficient (Wildman–Crippen LogP) is 1.65. The Balaban J connectivity index is 1.93. The Morgan fingerprint density at radius 1 is 1.44 bits per heavy atom. The molecule has 1 aromatic rings. The van der Waals surface area contributed by atoms with Crippen LogP contribution in [0, 0.1) is 0 Å². The molecule has 5 nitrogen and oxygen atoms in total. The van der Waals surface area contributed by atoms with Gasteiger partial charge in [0, 0.05) is 24.0 Å². The van der Waals surface area contributed by atoms with Gasteiger partial charge in [-0.1, -0.05) is 17.8 Å². The van der Waals surface area contributed by atoms with Gasteiger partial charge in [-0.05, 0) is 26.3 Å². The Morgan fingerprint density at radius 3 is 2.94 bits per heavy atom. The van der Waals surface area contributed by atoms with Gasteiger partial charge in [0.2, 0.25) is 0 Å². The van der Waals surface area contributed by atoms with Crippen molar-refractivity contribution in [3.05, 3.63) is 20.7 Å². The zero-order chi connectivity index (χ0) is 13.2. The van der Waals surface area contributed by atoms with Gasteiger partial charge in [-0.2, -0.15) is 0 Å². The van der Waals surface area contributed by atoms with Crippen molar-refractivity contribution in [1.29, 1.82) is 0 Å². The summed E-state index contributed by atoms with van der Waals surface area (Å²) in [7, 11) is 0. The fourth-order valence-corrected chi connectivity index (χ4v) is 2.13. The van der Waals surface area contributed by atoms with Crippen LogP contribution >= 0.6 is 11.3 Å². The number of aromatic nitrogens is 1. The SMILES string of the molecule is CCOC(=O)CCCCCNCc1csc(=O)[nH]1. The summed E-state index contributed by atoms with van der Waals surface area (Å²) in [6.07, 6.45) is 3.40. The van der Waals surface area contributed by atoms with Crippen LogP contribution in [0.3, 0.4) is 0 Å². The molecule has 0 bridgehead atoms. The highest BCUT2D eigenvalue weighted by atomic mass is 32.1. The maximum atomic E-state index is 11.0. The van der Waals surface area contributed by atoms with E-state index in [2.05, 4.69) is 10.3 Å². The van der Waals surface area contributed by atoms with Gasteiger partial charge in [-0.3, -0.25) is 9.59 Å². The summed E-state index contributed by atoms with van der Waals surface area (Å²) in [5.74, 6) is -0.110. The number of ether oxygens (including phenoxy) is 1. The first-order valence-electron chi connectivity index (χ1n) is 6.25. The molecule has 0 saturated carbocycles. The second-order valence-electron chi connectivity index (χ2n) is 3.97. The van der Waals surface area contributed by atoms with Crippen LogP contribution in [-0.2, 0) is 16.1 Å². The van der Waals surface area contributed by atoms with E-state index in [1.54, 1.807) is 0 Å². The van der Waals surface area contributed by atoms with Gasteiger partial charge in [0.1, 0.15) is 0 Å². The molecule has 0 atom stereocenters.